The lowest BCUT2D eigenvalue weighted by atomic mass is 10.1. The van der Waals surface area contributed by atoms with Crippen LogP contribution in [0.4, 0.5) is 5.69 Å². The summed E-state index contributed by atoms with van der Waals surface area (Å²) in [5, 5.41) is 17.0. The van der Waals surface area contributed by atoms with E-state index in [9.17, 15) is 4.79 Å². The van der Waals surface area contributed by atoms with Gasteiger partial charge >= 0.3 is 5.97 Å². The summed E-state index contributed by atoms with van der Waals surface area (Å²) in [5.74, 6) is 4.08. The molecule has 4 heteroatoms. The Kier molecular flexibility index (Phi) is 3.32. The molecule has 0 saturated heterocycles. The molecular formula is C11H8N2O2. The van der Waals surface area contributed by atoms with Crippen molar-refractivity contribution in [3.05, 3.63) is 29.3 Å². The van der Waals surface area contributed by atoms with Gasteiger partial charge in [0, 0.05) is 11.3 Å². The largest absolute Gasteiger partial charge is 0.481 e. The molecule has 0 amide bonds. The monoisotopic (exact) mass is 200 g/mol. The average Bonchev–Trinajstić information content (AvgIpc) is 2.20. The second kappa shape index (κ2) is 4.69. The second-order valence-corrected chi connectivity index (χ2v) is 2.79. The van der Waals surface area contributed by atoms with E-state index in [2.05, 4.69) is 11.8 Å². The Morgan fingerprint density at radius 1 is 1.53 bits per heavy atom. The molecule has 74 valence electrons. The second-order valence-electron chi connectivity index (χ2n) is 2.79. The minimum absolute atomic E-state index is 0.240. The Labute approximate surface area is 86.9 Å². The third kappa shape index (κ3) is 3.06. The predicted octanol–water partition coefficient (Wildman–Crippen LogP) is 0.967. The maximum absolute atomic E-state index is 10.2. The number of anilines is 1. The Morgan fingerprint density at radius 2 is 2.27 bits per heavy atom. The third-order valence-corrected chi connectivity index (χ3v) is 1.65. The van der Waals surface area contributed by atoms with Gasteiger partial charge in [0.1, 0.15) is 6.42 Å². The van der Waals surface area contributed by atoms with Gasteiger partial charge in [0.2, 0.25) is 0 Å². The van der Waals surface area contributed by atoms with Gasteiger partial charge in [-0.15, -0.1) is 0 Å². The van der Waals surface area contributed by atoms with Crippen molar-refractivity contribution in [2.24, 2.45) is 0 Å². The van der Waals surface area contributed by atoms with E-state index < -0.39 is 5.97 Å². The molecular weight excluding hydrogens is 192 g/mol. The van der Waals surface area contributed by atoms with Gasteiger partial charge in [0.15, 0.2) is 0 Å². The molecule has 0 spiro atoms. The first-order chi connectivity index (χ1) is 7.13. The average molecular weight is 200 g/mol. The molecule has 0 unspecified atom stereocenters. The van der Waals surface area contributed by atoms with Crippen LogP contribution in [0.25, 0.3) is 0 Å². The molecule has 1 rings (SSSR count). The van der Waals surface area contributed by atoms with Crippen LogP contribution in [0.3, 0.4) is 0 Å². The summed E-state index contributed by atoms with van der Waals surface area (Å²) in [6.45, 7) is 0. The van der Waals surface area contributed by atoms with Crippen LogP contribution in [0.5, 0.6) is 0 Å². The number of rotatable bonds is 1. The van der Waals surface area contributed by atoms with E-state index in [1.807, 2.05) is 6.07 Å². The van der Waals surface area contributed by atoms with Crippen LogP contribution in [0.15, 0.2) is 18.2 Å². The Bertz CT molecular complexity index is 490. The van der Waals surface area contributed by atoms with Gasteiger partial charge in [-0.25, -0.2) is 0 Å². The number of benzene rings is 1. The Balaban J connectivity index is 2.97. The van der Waals surface area contributed by atoms with Crippen LogP contribution in [-0.2, 0) is 4.79 Å². The zero-order chi connectivity index (χ0) is 11.3. The summed E-state index contributed by atoms with van der Waals surface area (Å²) in [4.78, 5) is 10.2. The first-order valence-electron chi connectivity index (χ1n) is 4.14. The number of carboxylic acid groups (broad SMARTS) is 1. The first kappa shape index (κ1) is 10.6. The highest BCUT2D eigenvalue weighted by molar-refractivity contribution is 5.70. The number of nitrogens with zero attached hydrogens (tertiary/aromatic N) is 1. The summed E-state index contributed by atoms with van der Waals surface area (Å²) in [6, 6.07) is 6.64. The molecule has 0 bridgehead atoms. The molecule has 4 nitrogen and oxygen atoms in total. The van der Waals surface area contributed by atoms with Crippen molar-refractivity contribution < 1.29 is 9.90 Å². The van der Waals surface area contributed by atoms with Crippen molar-refractivity contribution in [1.82, 2.24) is 0 Å². The van der Waals surface area contributed by atoms with Crippen LogP contribution in [-0.4, -0.2) is 11.1 Å². The number of carboxylic acids is 1. The molecule has 0 aliphatic rings. The fraction of sp³-hybridized carbons (Fsp3) is 0.0909. The summed E-state index contributed by atoms with van der Waals surface area (Å²) in [6.07, 6.45) is -0.240. The molecule has 0 atom stereocenters. The summed E-state index contributed by atoms with van der Waals surface area (Å²) in [5.41, 5.74) is 6.97. The number of nitrogens with two attached hydrogens (primary N) is 1. The molecule has 0 heterocycles. The number of hydrogen-bond donors (Lipinski definition) is 2. The molecule has 1 aromatic rings. The minimum Gasteiger partial charge on any atom is -0.481 e. The lowest BCUT2D eigenvalue weighted by molar-refractivity contribution is -0.135. The van der Waals surface area contributed by atoms with Crippen molar-refractivity contribution in [1.29, 1.82) is 5.26 Å². The number of carbonyl (C=O) groups is 1. The molecule has 0 radical (unpaired) electrons. The van der Waals surface area contributed by atoms with E-state index in [1.165, 1.54) is 6.07 Å². The molecule has 0 aromatic heterocycles. The van der Waals surface area contributed by atoms with Crippen LogP contribution < -0.4 is 5.73 Å². The molecule has 15 heavy (non-hydrogen) atoms. The van der Waals surface area contributed by atoms with E-state index >= 15 is 0 Å². The van der Waals surface area contributed by atoms with Gasteiger partial charge in [-0.2, -0.15) is 5.26 Å². The maximum atomic E-state index is 10.2. The van der Waals surface area contributed by atoms with E-state index in [0.29, 0.717) is 16.8 Å². The molecule has 0 aliphatic carbocycles. The van der Waals surface area contributed by atoms with Crippen molar-refractivity contribution in [3.8, 4) is 17.9 Å². The van der Waals surface area contributed by atoms with E-state index in [0.717, 1.165) is 0 Å². The SMILES string of the molecule is N#Cc1ccc(N)c(C#CCC(=O)O)c1. The van der Waals surface area contributed by atoms with E-state index in [-0.39, 0.29) is 6.42 Å². The van der Waals surface area contributed by atoms with Gasteiger partial charge in [-0.05, 0) is 18.2 Å². The maximum Gasteiger partial charge on any atom is 0.315 e. The highest BCUT2D eigenvalue weighted by atomic mass is 16.4. The lowest BCUT2D eigenvalue weighted by Gasteiger charge is -1.97. The number of nitriles is 1. The zero-order valence-corrected chi connectivity index (χ0v) is 7.82. The van der Waals surface area contributed by atoms with Gasteiger partial charge in [-0.3, -0.25) is 4.79 Å². The quantitative estimate of drug-likeness (QED) is 0.522. The van der Waals surface area contributed by atoms with Crippen molar-refractivity contribution in [3.63, 3.8) is 0 Å². The number of aliphatic carboxylic acids is 1. The molecule has 1 aromatic carbocycles. The fourth-order valence-electron chi connectivity index (χ4n) is 0.949. The van der Waals surface area contributed by atoms with Crippen molar-refractivity contribution in [2.45, 2.75) is 6.42 Å². The fourth-order valence-corrected chi connectivity index (χ4v) is 0.949. The predicted molar refractivity (Wildman–Crippen MR) is 54.7 cm³/mol. The third-order valence-electron chi connectivity index (χ3n) is 1.65. The number of nitrogen functional groups attached to an aromatic ring is 1. The van der Waals surface area contributed by atoms with E-state index in [1.54, 1.807) is 12.1 Å². The lowest BCUT2D eigenvalue weighted by Crippen LogP contribution is -1.93. The smallest absolute Gasteiger partial charge is 0.315 e. The topological polar surface area (TPSA) is 87.1 Å². The summed E-state index contributed by atoms with van der Waals surface area (Å²) in [7, 11) is 0. The Morgan fingerprint density at radius 3 is 2.87 bits per heavy atom. The molecule has 0 saturated carbocycles. The summed E-state index contributed by atoms with van der Waals surface area (Å²) >= 11 is 0. The van der Waals surface area contributed by atoms with Gasteiger partial charge < -0.3 is 10.8 Å². The Hall–Kier alpha value is -2.46. The van der Waals surface area contributed by atoms with Gasteiger partial charge in [0.05, 0.1) is 11.6 Å². The first-order valence-corrected chi connectivity index (χ1v) is 4.14. The van der Waals surface area contributed by atoms with Crippen LogP contribution in [0.1, 0.15) is 17.5 Å². The zero-order valence-electron chi connectivity index (χ0n) is 7.82. The highest BCUT2D eigenvalue weighted by Gasteiger charge is 1.97. The van der Waals surface area contributed by atoms with Crippen LogP contribution in [0, 0.1) is 23.2 Å². The van der Waals surface area contributed by atoms with Gasteiger partial charge in [-0.1, -0.05) is 11.8 Å². The molecule has 0 fully saturated rings. The normalized spacial score (nSPS) is 8.47. The van der Waals surface area contributed by atoms with E-state index in [4.69, 9.17) is 16.1 Å². The van der Waals surface area contributed by atoms with Crippen LogP contribution in [0.2, 0.25) is 0 Å². The highest BCUT2D eigenvalue weighted by Crippen LogP contribution is 2.12. The minimum atomic E-state index is -0.988. The standard InChI is InChI=1S/C11H8N2O2/c12-7-8-4-5-10(13)9(6-8)2-1-3-11(14)15/h4-6H,3,13H2,(H,14,15). The molecule has 0 aliphatic heterocycles. The number of hydrogen-bond acceptors (Lipinski definition) is 3. The van der Waals surface area contributed by atoms with Crippen molar-refractivity contribution >= 4 is 11.7 Å². The van der Waals surface area contributed by atoms with Crippen LogP contribution >= 0.6 is 0 Å². The summed E-state index contributed by atoms with van der Waals surface area (Å²) < 4.78 is 0. The molecule has 3 N–H and O–H groups in total. The van der Waals surface area contributed by atoms with Crippen molar-refractivity contribution in [2.75, 3.05) is 5.73 Å². The van der Waals surface area contributed by atoms with Gasteiger partial charge in [0.25, 0.3) is 0 Å².